The molecular weight excluding hydrogens is 380 g/mol. The van der Waals surface area contributed by atoms with Gasteiger partial charge in [-0.25, -0.2) is 9.97 Å². The first-order valence-electron chi connectivity index (χ1n) is 10.4. The third-order valence-electron chi connectivity index (χ3n) is 5.99. The van der Waals surface area contributed by atoms with Crippen LogP contribution in [0.2, 0.25) is 0 Å². The molecule has 2 aliphatic heterocycles. The molecule has 0 amide bonds. The smallest absolute Gasteiger partial charge is 0.232 e. The second-order valence-corrected chi connectivity index (χ2v) is 8.03. The molecule has 3 aromatic rings. The fraction of sp³-hybridized carbons (Fsp3) is 0.500. The number of H-pyrrole nitrogens is 1. The zero-order chi connectivity index (χ0) is 20.5. The third kappa shape index (κ3) is 3.64. The molecule has 10 nitrogen and oxygen atoms in total. The molecule has 5 heterocycles. The van der Waals surface area contributed by atoms with Crippen LogP contribution in [0.1, 0.15) is 37.8 Å². The van der Waals surface area contributed by atoms with E-state index in [9.17, 15) is 0 Å². The number of nitrogens with one attached hydrogen (secondary N) is 3. The molecule has 154 valence electrons. The first-order chi connectivity index (χ1) is 14.7. The molecule has 10 heteroatoms. The lowest BCUT2D eigenvalue weighted by Gasteiger charge is -2.39. The number of nitrogens with zero attached hydrogens (tertiary/aromatic N) is 7. The van der Waals surface area contributed by atoms with Gasteiger partial charge < -0.3 is 10.6 Å². The fourth-order valence-electron chi connectivity index (χ4n) is 4.75. The minimum atomic E-state index is 0.307. The number of nitriles is 1. The Morgan fingerprint density at radius 2 is 2.00 bits per heavy atom. The maximum atomic E-state index is 8.94. The highest BCUT2D eigenvalue weighted by Gasteiger charge is 2.40. The maximum absolute atomic E-state index is 8.94. The second kappa shape index (κ2) is 7.84. The molecule has 2 saturated heterocycles. The third-order valence-corrected chi connectivity index (χ3v) is 5.99. The zero-order valence-electron chi connectivity index (χ0n) is 16.8. The van der Waals surface area contributed by atoms with Crippen molar-refractivity contribution < 1.29 is 0 Å². The number of hydrogen-bond donors (Lipinski definition) is 3. The minimum Gasteiger partial charge on any atom is -0.365 e. The summed E-state index contributed by atoms with van der Waals surface area (Å²) in [5.74, 6) is 1.79. The Labute approximate surface area is 174 Å². The molecule has 0 radical (unpaired) electrons. The van der Waals surface area contributed by atoms with Crippen LogP contribution in [0.25, 0.3) is 11.2 Å². The number of rotatable bonds is 6. The van der Waals surface area contributed by atoms with Gasteiger partial charge in [0.2, 0.25) is 5.95 Å². The standard InChI is InChI=1S/C20H24N10/c1-12-9-16(29-28-12)25-20-26-18-17(22-6-7-23-18)19(27-20)24-13-10-14-3-4-15(11-13)30(14)8-2-5-21/h6-7,9,13-15H,2-4,8,10-11H2,1H3,(H3,23,24,25,26,27,28,29). The SMILES string of the molecule is Cc1cc(Nc2nc(NC3CC4CCC(C3)N4CCC#N)c3nccnc3n2)n[nH]1. The van der Waals surface area contributed by atoms with Gasteiger partial charge in [-0.1, -0.05) is 0 Å². The molecule has 2 bridgehead atoms. The van der Waals surface area contributed by atoms with Gasteiger partial charge in [0, 0.05) is 55.2 Å². The van der Waals surface area contributed by atoms with E-state index in [1.54, 1.807) is 12.4 Å². The number of fused-ring (bicyclic) bond motifs is 3. The Morgan fingerprint density at radius 3 is 2.73 bits per heavy atom. The molecule has 30 heavy (non-hydrogen) atoms. The summed E-state index contributed by atoms with van der Waals surface area (Å²) in [7, 11) is 0. The quantitative estimate of drug-likeness (QED) is 0.567. The highest BCUT2D eigenvalue weighted by atomic mass is 15.3. The Kier molecular flexibility index (Phi) is 4.88. The molecule has 3 N–H and O–H groups in total. The molecule has 2 atom stereocenters. The van der Waals surface area contributed by atoms with Gasteiger partial charge in [0.1, 0.15) is 0 Å². The molecule has 2 fully saturated rings. The van der Waals surface area contributed by atoms with Gasteiger partial charge in [0.15, 0.2) is 22.8 Å². The summed E-state index contributed by atoms with van der Waals surface area (Å²) in [5, 5.41) is 22.8. The summed E-state index contributed by atoms with van der Waals surface area (Å²) in [5.41, 5.74) is 2.16. The number of anilines is 3. The van der Waals surface area contributed by atoms with E-state index in [0.29, 0.717) is 53.3 Å². The van der Waals surface area contributed by atoms with Crippen molar-refractivity contribution in [3.05, 3.63) is 24.2 Å². The summed E-state index contributed by atoms with van der Waals surface area (Å²) in [6, 6.07) is 5.53. The van der Waals surface area contributed by atoms with Crippen LogP contribution in [0.4, 0.5) is 17.6 Å². The van der Waals surface area contributed by atoms with Crippen molar-refractivity contribution in [2.45, 2.75) is 57.2 Å². The highest BCUT2D eigenvalue weighted by Crippen LogP contribution is 2.37. The van der Waals surface area contributed by atoms with E-state index in [2.05, 4.69) is 46.8 Å². The van der Waals surface area contributed by atoms with Crippen LogP contribution in [-0.2, 0) is 0 Å². The average molecular weight is 404 g/mol. The number of aromatic amines is 1. The van der Waals surface area contributed by atoms with Crippen molar-refractivity contribution in [2.24, 2.45) is 0 Å². The highest BCUT2D eigenvalue weighted by molar-refractivity contribution is 5.83. The van der Waals surface area contributed by atoms with Crippen molar-refractivity contribution in [3.63, 3.8) is 0 Å². The second-order valence-electron chi connectivity index (χ2n) is 8.03. The van der Waals surface area contributed by atoms with Crippen LogP contribution >= 0.6 is 0 Å². The fourth-order valence-corrected chi connectivity index (χ4v) is 4.75. The predicted molar refractivity (Wildman–Crippen MR) is 112 cm³/mol. The Morgan fingerprint density at radius 1 is 1.20 bits per heavy atom. The van der Waals surface area contributed by atoms with Crippen molar-refractivity contribution in [1.29, 1.82) is 5.26 Å². The lowest BCUT2D eigenvalue weighted by Crippen LogP contribution is -2.47. The van der Waals surface area contributed by atoms with Crippen LogP contribution in [0, 0.1) is 18.3 Å². The molecule has 0 aliphatic carbocycles. The van der Waals surface area contributed by atoms with Crippen molar-refractivity contribution in [3.8, 4) is 6.07 Å². The Balaban J connectivity index is 1.38. The summed E-state index contributed by atoms with van der Waals surface area (Å²) >= 11 is 0. The number of hydrogen-bond acceptors (Lipinski definition) is 9. The monoisotopic (exact) mass is 404 g/mol. The van der Waals surface area contributed by atoms with Crippen molar-refractivity contribution >= 4 is 28.7 Å². The largest absolute Gasteiger partial charge is 0.365 e. The van der Waals surface area contributed by atoms with Crippen LogP contribution in [0.3, 0.4) is 0 Å². The van der Waals surface area contributed by atoms with E-state index in [0.717, 1.165) is 25.1 Å². The molecule has 2 unspecified atom stereocenters. The minimum absolute atomic E-state index is 0.307. The van der Waals surface area contributed by atoms with Crippen LogP contribution in [0.15, 0.2) is 18.5 Å². The van der Waals surface area contributed by atoms with Crippen LogP contribution in [0.5, 0.6) is 0 Å². The first-order valence-corrected chi connectivity index (χ1v) is 10.4. The van der Waals surface area contributed by atoms with E-state index >= 15 is 0 Å². The molecule has 5 rings (SSSR count). The molecule has 0 spiro atoms. The molecule has 3 aromatic heterocycles. The van der Waals surface area contributed by atoms with Gasteiger partial charge in [-0.3, -0.25) is 10.00 Å². The molecule has 0 saturated carbocycles. The zero-order valence-corrected chi connectivity index (χ0v) is 16.8. The van der Waals surface area contributed by atoms with Gasteiger partial charge in [0.05, 0.1) is 6.07 Å². The van der Waals surface area contributed by atoms with Crippen LogP contribution in [-0.4, -0.2) is 59.7 Å². The van der Waals surface area contributed by atoms with Gasteiger partial charge in [-0.05, 0) is 32.6 Å². The molecule has 0 aromatic carbocycles. The van der Waals surface area contributed by atoms with E-state index in [-0.39, 0.29) is 0 Å². The summed E-state index contributed by atoms with van der Waals surface area (Å²) in [4.78, 5) is 20.5. The molecule has 2 aliphatic rings. The van der Waals surface area contributed by atoms with E-state index in [4.69, 9.17) is 10.2 Å². The maximum Gasteiger partial charge on any atom is 0.232 e. The lowest BCUT2D eigenvalue weighted by molar-refractivity contribution is 0.136. The number of piperidine rings is 1. The topological polar surface area (TPSA) is 131 Å². The van der Waals surface area contributed by atoms with Gasteiger partial charge >= 0.3 is 0 Å². The van der Waals surface area contributed by atoms with E-state index < -0.39 is 0 Å². The van der Waals surface area contributed by atoms with Gasteiger partial charge in [-0.2, -0.15) is 20.3 Å². The van der Waals surface area contributed by atoms with E-state index in [1.807, 2.05) is 13.0 Å². The Hall–Kier alpha value is -3.32. The number of aryl methyl sites for hydroxylation is 1. The summed E-state index contributed by atoms with van der Waals surface area (Å²) in [6.07, 6.45) is 8.36. The normalized spacial score (nSPS) is 23.4. The van der Waals surface area contributed by atoms with Gasteiger partial charge in [-0.15, -0.1) is 0 Å². The number of aromatic nitrogens is 6. The Bertz CT molecular complexity index is 1070. The van der Waals surface area contributed by atoms with Crippen LogP contribution < -0.4 is 10.6 Å². The first kappa shape index (κ1) is 18.7. The average Bonchev–Trinajstić information content (AvgIpc) is 3.25. The summed E-state index contributed by atoms with van der Waals surface area (Å²) in [6.45, 7) is 2.81. The van der Waals surface area contributed by atoms with Crippen molar-refractivity contribution in [2.75, 3.05) is 17.2 Å². The van der Waals surface area contributed by atoms with Gasteiger partial charge in [0.25, 0.3) is 0 Å². The predicted octanol–water partition coefficient (Wildman–Crippen LogP) is 2.52. The summed E-state index contributed by atoms with van der Waals surface area (Å²) < 4.78 is 0. The van der Waals surface area contributed by atoms with Crippen molar-refractivity contribution in [1.82, 2.24) is 35.0 Å². The lowest BCUT2D eigenvalue weighted by atomic mass is 9.97. The molecular formula is C20H24N10. The van der Waals surface area contributed by atoms with E-state index in [1.165, 1.54) is 12.8 Å².